The van der Waals surface area contributed by atoms with Crippen LogP contribution in [0, 0.1) is 5.41 Å². The van der Waals surface area contributed by atoms with Gasteiger partial charge in [0.15, 0.2) is 0 Å². The van der Waals surface area contributed by atoms with Crippen LogP contribution in [0.3, 0.4) is 0 Å². The number of pyridine rings is 1. The van der Waals surface area contributed by atoms with Gasteiger partial charge >= 0.3 is 5.97 Å². The smallest absolute Gasteiger partial charge is 0.354 e. The van der Waals surface area contributed by atoms with Gasteiger partial charge in [-0.2, -0.15) is 0 Å². The van der Waals surface area contributed by atoms with E-state index in [9.17, 15) is 4.79 Å². The van der Waals surface area contributed by atoms with E-state index in [4.69, 9.17) is 9.84 Å². The van der Waals surface area contributed by atoms with Gasteiger partial charge in [0.2, 0.25) is 0 Å². The summed E-state index contributed by atoms with van der Waals surface area (Å²) in [7, 11) is 1.74. The molecule has 1 aromatic rings. The molecule has 19 heavy (non-hydrogen) atoms. The van der Waals surface area contributed by atoms with E-state index in [1.165, 1.54) is 6.07 Å². The highest BCUT2D eigenvalue weighted by atomic mass is 16.5. The van der Waals surface area contributed by atoms with Crippen molar-refractivity contribution in [1.82, 2.24) is 10.3 Å². The number of aromatic carboxylic acids is 1. The van der Waals surface area contributed by atoms with E-state index >= 15 is 0 Å². The minimum Gasteiger partial charge on any atom is -0.477 e. The molecule has 0 aromatic carbocycles. The van der Waals surface area contributed by atoms with Crippen molar-refractivity contribution in [3.8, 4) is 0 Å². The maximum atomic E-state index is 10.8. The molecule has 1 fully saturated rings. The van der Waals surface area contributed by atoms with E-state index in [1.54, 1.807) is 13.2 Å². The van der Waals surface area contributed by atoms with Gasteiger partial charge in [-0.15, -0.1) is 0 Å². The highest BCUT2D eigenvalue weighted by Crippen LogP contribution is 2.42. The number of hydrogen-bond acceptors (Lipinski definition) is 4. The second-order valence-corrected chi connectivity index (χ2v) is 5.53. The quantitative estimate of drug-likeness (QED) is 0.846. The fourth-order valence-corrected chi connectivity index (χ4v) is 2.56. The minimum absolute atomic E-state index is 0.0851. The van der Waals surface area contributed by atoms with Crippen LogP contribution < -0.4 is 5.32 Å². The van der Waals surface area contributed by atoms with E-state index in [0.717, 1.165) is 12.1 Å². The van der Waals surface area contributed by atoms with Gasteiger partial charge in [-0.1, -0.05) is 19.9 Å². The monoisotopic (exact) mass is 264 g/mol. The number of methoxy groups -OCH3 is 1. The van der Waals surface area contributed by atoms with Gasteiger partial charge in [-0.25, -0.2) is 9.78 Å². The summed E-state index contributed by atoms with van der Waals surface area (Å²) in [6, 6.07) is 5.42. The van der Waals surface area contributed by atoms with E-state index in [-0.39, 0.29) is 17.2 Å². The molecule has 2 atom stereocenters. The predicted octanol–water partition coefficient (Wildman–Crippen LogP) is 1.68. The third kappa shape index (κ3) is 2.77. The van der Waals surface area contributed by atoms with Crippen molar-refractivity contribution < 1.29 is 14.6 Å². The summed E-state index contributed by atoms with van der Waals surface area (Å²) in [4.78, 5) is 14.9. The first-order valence-corrected chi connectivity index (χ1v) is 6.40. The molecule has 2 unspecified atom stereocenters. The normalized spacial score (nSPS) is 24.8. The fraction of sp³-hybridized carbons (Fsp3) is 0.571. The molecule has 1 heterocycles. The molecule has 1 aliphatic rings. The van der Waals surface area contributed by atoms with Crippen LogP contribution >= 0.6 is 0 Å². The largest absolute Gasteiger partial charge is 0.477 e. The molecule has 0 radical (unpaired) electrons. The van der Waals surface area contributed by atoms with Crippen LogP contribution in [0.4, 0.5) is 0 Å². The summed E-state index contributed by atoms with van der Waals surface area (Å²) in [5.41, 5.74) is 0.928. The van der Waals surface area contributed by atoms with Gasteiger partial charge in [-0.3, -0.25) is 0 Å². The topological polar surface area (TPSA) is 71.5 Å². The molecule has 0 aliphatic heterocycles. The van der Waals surface area contributed by atoms with Gasteiger partial charge in [0.25, 0.3) is 0 Å². The lowest BCUT2D eigenvalue weighted by molar-refractivity contribution is -0.0979. The van der Waals surface area contributed by atoms with E-state index in [0.29, 0.717) is 12.6 Å². The first kappa shape index (κ1) is 14.0. The Bertz CT molecular complexity index is 474. The summed E-state index contributed by atoms with van der Waals surface area (Å²) >= 11 is 0. The molecule has 0 spiro atoms. The summed E-state index contributed by atoms with van der Waals surface area (Å²) in [6.07, 6.45) is 1.26. The van der Waals surface area contributed by atoms with Crippen molar-refractivity contribution in [3.63, 3.8) is 0 Å². The number of carboxylic acids is 1. The van der Waals surface area contributed by atoms with Gasteiger partial charge in [0.05, 0.1) is 11.8 Å². The molecule has 1 aromatic heterocycles. The minimum atomic E-state index is -0.995. The van der Waals surface area contributed by atoms with Gasteiger partial charge < -0.3 is 15.2 Å². The molecular weight excluding hydrogens is 244 g/mol. The first-order valence-electron chi connectivity index (χ1n) is 6.40. The van der Waals surface area contributed by atoms with Gasteiger partial charge in [-0.05, 0) is 18.6 Å². The lowest BCUT2D eigenvalue weighted by Crippen LogP contribution is -2.60. The average molecular weight is 264 g/mol. The number of rotatable bonds is 5. The predicted molar refractivity (Wildman–Crippen MR) is 71.0 cm³/mol. The Morgan fingerprint density at radius 1 is 1.58 bits per heavy atom. The zero-order valence-electron chi connectivity index (χ0n) is 11.5. The Balaban J connectivity index is 1.93. The Kier molecular flexibility index (Phi) is 3.87. The van der Waals surface area contributed by atoms with Crippen molar-refractivity contribution >= 4 is 5.97 Å². The molecule has 1 saturated carbocycles. The molecule has 2 N–H and O–H groups in total. The van der Waals surface area contributed by atoms with Crippen LogP contribution in [-0.2, 0) is 11.3 Å². The highest BCUT2D eigenvalue weighted by Gasteiger charge is 2.48. The summed E-state index contributed by atoms with van der Waals surface area (Å²) < 4.78 is 5.40. The number of carboxylic acid groups (broad SMARTS) is 1. The number of nitrogens with zero attached hydrogens (tertiary/aromatic N) is 1. The van der Waals surface area contributed by atoms with E-state index in [1.807, 2.05) is 6.07 Å². The number of ether oxygens (including phenoxy) is 1. The molecule has 5 heteroatoms. The highest BCUT2D eigenvalue weighted by molar-refractivity contribution is 5.85. The second-order valence-electron chi connectivity index (χ2n) is 5.53. The Hall–Kier alpha value is -1.46. The maximum Gasteiger partial charge on any atom is 0.354 e. The molecule has 2 rings (SSSR count). The van der Waals surface area contributed by atoms with Crippen LogP contribution in [0.5, 0.6) is 0 Å². The Morgan fingerprint density at radius 2 is 2.32 bits per heavy atom. The van der Waals surface area contributed by atoms with Crippen LogP contribution in [-0.4, -0.2) is 35.3 Å². The van der Waals surface area contributed by atoms with Crippen LogP contribution in [0.1, 0.15) is 36.5 Å². The molecule has 1 aliphatic carbocycles. The Morgan fingerprint density at radius 3 is 2.89 bits per heavy atom. The Labute approximate surface area is 113 Å². The van der Waals surface area contributed by atoms with Crippen molar-refractivity contribution in [2.24, 2.45) is 5.41 Å². The summed E-state index contributed by atoms with van der Waals surface area (Å²) in [5.74, 6) is -0.995. The lowest BCUT2D eigenvalue weighted by Gasteiger charge is -2.51. The molecule has 0 bridgehead atoms. The van der Waals surface area contributed by atoms with E-state index < -0.39 is 5.97 Å². The number of carbonyl (C=O) groups is 1. The second kappa shape index (κ2) is 5.27. The number of nitrogens with one attached hydrogen (secondary N) is 1. The van der Waals surface area contributed by atoms with Crippen LogP contribution in [0.2, 0.25) is 0 Å². The average Bonchev–Trinajstić information content (AvgIpc) is 2.38. The third-order valence-electron chi connectivity index (χ3n) is 4.02. The first-order chi connectivity index (χ1) is 8.95. The molecule has 104 valence electrons. The molecular formula is C14H20N2O3. The van der Waals surface area contributed by atoms with Crippen molar-refractivity contribution in [1.29, 1.82) is 0 Å². The van der Waals surface area contributed by atoms with Crippen molar-refractivity contribution in [2.75, 3.05) is 7.11 Å². The standard InChI is InChI=1S/C14H20N2O3/c1-14(2)11(7-12(14)19-3)15-8-9-5-4-6-10(16-9)13(17)18/h4-6,11-12,15H,7-8H2,1-3H3,(H,17,18). The van der Waals surface area contributed by atoms with Crippen LogP contribution in [0.15, 0.2) is 18.2 Å². The molecule has 5 nitrogen and oxygen atoms in total. The van der Waals surface area contributed by atoms with E-state index in [2.05, 4.69) is 24.1 Å². The zero-order chi connectivity index (χ0) is 14.0. The summed E-state index contributed by atoms with van der Waals surface area (Å²) in [6.45, 7) is 4.92. The van der Waals surface area contributed by atoms with Crippen LogP contribution in [0.25, 0.3) is 0 Å². The number of hydrogen-bond donors (Lipinski definition) is 2. The fourth-order valence-electron chi connectivity index (χ4n) is 2.56. The lowest BCUT2D eigenvalue weighted by atomic mass is 9.64. The number of aromatic nitrogens is 1. The van der Waals surface area contributed by atoms with Crippen molar-refractivity contribution in [3.05, 3.63) is 29.6 Å². The maximum absolute atomic E-state index is 10.8. The van der Waals surface area contributed by atoms with Gasteiger partial charge in [0.1, 0.15) is 5.69 Å². The molecule has 0 saturated heterocycles. The molecule has 0 amide bonds. The van der Waals surface area contributed by atoms with Gasteiger partial charge in [0, 0.05) is 25.1 Å². The summed E-state index contributed by atoms with van der Waals surface area (Å²) in [5, 5.41) is 12.3. The third-order valence-corrected chi connectivity index (χ3v) is 4.02. The zero-order valence-corrected chi connectivity index (χ0v) is 11.5. The SMILES string of the molecule is COC1CC(NCc2cccc(C(=O)O)n2)C1(C)C. The van der Waals surface area contributed by atoms with Crippen molar-refractivity contribution in [2.45, 2.75) is 39.0 Å².